The Hall–Kier alpha value is -3.09. The van der Waals surface area contributed by atoms with Crippen LogP contribution in [0.3, 0.4) is 0 Å². The minimum absolute atomic E-state index is 0.0124. The fraction of sp³-hybridized carbons (Fsp3) is 0.480. The molecule has 32 heavy (non-hydrogen) atoms. The number of fused-ring (bicyclic) bond motifs is 1. The highest BCUT2D eigenvalue weighted by atomic mass is 16.5. The van der Waals surface area contributed by atoms with Crippen molar-refractivity contribution >= 4 is 23.3 Å². The van der Waals surface area contributed by atoms with Crippen LogP contribution in [-0.4, -0.2) is 36.5 Å². The average molecular weight is 437 g/mol. The van der Waals surface area contributed by atoms with Gasteiger partial charge in [-0.1, -0.05) is 18.9 Å². The Kier molecular flexibility index (Phi) is 7.59. The van der Waals surface area contributed by atoms with Crippen molar-refractivity contribution in [2.24, 2.45) is 0 Å². The number of rotatable bonds is 8. The Morgan fingerprint density at radius 1 is 1.09 bits per heavy atom. The number of benzene rings is 1. The number of pyridine rings is 1. The van der Waals surface area contributed by atoms with Crippen molar-refractivity contribution in [3.05, 3.63) is 47.7 Å². The fourth-order valence-electron chi connectivity index (χ4n) is 4.17. The Morgan fingerprint density at radius 3 is 2.72 bits per heavy atom. The minimum atomic E-state index is 0.0124. The molecule has 2 aromatic rings. The molecule has 2 aliphatic heterocycles. The number of anilines is 2. The average Bonchev–Trinajstić information content (AvgIpc) is 3.10. The number of nitrogens with one attached hydrogen (secondary N) is 2. The van der Waals surface area contributed by atoms with E-state index in [1.165, 1.54) is 25.7 Å². The van der Waals surface area contributed by atoms with E-state index in [9.17, 15) is 9.59 Å². The van der Waals surface area contributed by atoms with E-state index in [0.29, 0.717) is 32.4 Å². The van der Waals surface area contributed by atoms with Crippen LogP contribution in [0.2, 0.25) is 0 Å². The second kappa shape index (κ2) is 11.0. The summed E-state index contributed by atoms with van der Waals surface area (Å²) in [5.74, 6) is 1.87. The Morgan fingerprint density at radius 2 is 1.94 bits per heavy atom. The third-order valence-corrected chi connectivity index (χ3v) is 6.02. The first kappa shape index (κ1) is 22.1. The quantitative estimate of drug-likeness (QED) is 0.615. The molecule has 0 bridgehead atoms. The molecule has 0 spiro atoms. The van der Waals surface area contributed by atoms with Gasteiger partial charge in [0.2, 0.25) is 11.8 Å². The van der Waals surface area contributed by atoms with Crippen molar-refractivity contribution in [2.75, 3.05) is 29.9 Å². The molecular weight excluding hydrogens is 404 g/mol. The molecule has 170 valence electrons. The van der Waals surface area contributed by atoms with Gasteiger partial charge in [0, 0.05) is 44.4 Å². The van der Waals surface area contributed by atoms with Crippen LogP contribution in [0.4, 0.5) is 11.5 Å². The first-order chi connectivity index (χ1) is 15.7. The standard InChI is InChI=1S/C25H32N4O3/c30-24(6-5-15-32-21-9-10-22-20(16-21)8-12-25(31)28-22)27-18-19-7-11-23(26-17-19)29-13-3-1-2-4-14-29/h7,9-11,16-17H,1-6,8,12-15,18H2,(H,27,30)(H,28,31). The molecule has 2 N–H and O–H groups in total. The molecule has 7 nitrogen and oxygen atoms in total. The summed E-state index contributed by atoms with van der Waals surface area (Å²) in [6.07, 6.45) is 9.23. The summed E-state index contributed by atoms with van der Waals surface area (Å²) in [4.78, 5) is 30.6. The van der Waals surface area contributed by atoms with Gasteiger partial charge in [0.15, 0.2) is 0 Å². The van der Waals surface area contributed by atoms with Crippen molar-refractivity contribution in [3.63, 3.8) is 0 Å². The highest BCUT2D eigenvalue weighted by molar-refractivity contribution is 5.94. The zero-order chi connectivity index (χ0) is 22.2. The molecule has 2 amide bonds. The molecule has 0 saturated carbocycles. The maximum absolute atomic E-state index is 12.2. The van der Waals surface area contributed by atoms with E-state index in [-0.39, 0.29) is 11.8 Å². The van der Waals surface area contributed by atoms with Crippen LogP contribution < -0.4 is 20.3 Å². The molecule has 3 heterocycles. The normalized spacial score (nSPS) is 16.0. The molecule has 0 aliphatic carbocycles. The predicted molar refractivity (Wildman–Crippen MR) is 125 cm³/mol. The number of carbonyl (C=O) groups is 2. The topological polar surface area (TPSA) is 83.6 Å². The molecule has 4 rings (SSSR count). The number of hydrogen-bond donors (Lipinski definition) is 2. The van der Waals surface area contributed by atoms with Gasteiger partial charge < -0.3 is 20.3 Å². The van der Waals surface area contributed by atoms with E-state index in [4.69, 9.17) is 4.74 Å². The monoisotopic (exact) mass is 436 g/mol. The SMILES string of the molecule is O=C(CCCOc1ccc2c(c1)CCC(=O)N2)NCc1ccc(N2CCCCCC2)nc1. The summed E-state index contributed by atoms with van der Waals surface area (Å²) in [6.45, 7) is 3.12. The van der Waals surface area contributed by atoms with Crippen LogP contribution in [0.15, 0.2) is 36.5 Å². The van der Waals surface area contributed by atoms with Crippen molar-refractivity contribution < 1.29 is 14.3 Å². The summed E-state index contributed by atoms with van der Waals surface area (Å²) in [6, 6.07) is 9.81. The van der Waals surface area contributed by atoms with Crippen molar-refractivity contribution in [1.82, 2.24) is 10.3 Å². The number of carbonyl (C=O) groups excluding carboxylic acids is 2. The zero-order valence-electron chi connectivity index (χ0n) is 18.6. The second-order valence-corrected chi connectivity index (χ2v) is 8.52. The largest absolute Gasteiger partial charge is 0.494 e. The van der Waals surface area contributed by atoms with E-state index in [1.807, 2.05) is 24.4 Å². The zero-order valence-corrected chi connectivity index (χ0v) is 18.6. The summed E-state index contributed by atoms with van der Waals surface area (Å²) < 4.78 is 5.78. The van der Waals surface area contributed by atoms with Gasteiger partial charge in [0.25, 0.3) is 0 Å². The Bertz CT molecular complexity index is 921. The third-order valence-electron chi connectivity index (χ3n) is 6.02. The van der Waals surface area contributed by atoms with Gasteiger partial charge >= 0.3 is 0 Å². The van der Waals surface area contributed by atoms with Crippen LogP contribution in [0.1, 0.15) is 56.1 Å². The van der Waals surface area contributed by atoms with Crippen molar-refractivity contribution in [3.8, 4) is 5.75 Å². The van der Waals surface area contributed by atoms with E-state index in [2.05, 4.69) is 32.7 Å². The number of aromatic nitrogens is 1. The molecule has 0 atom stereocenters. The molecule has 2 aliphatic rings. The number of aryl methyl sites for hydroxylation is 1. The number of nitrogens with zero attached hydrogens (tertiary/aromatic N) is 2. The van der Waals surface area contributed by atoms with Gasteiger partial charge in [-0.2, -0.15) is 0 Å². The Labute approximate surface area is 189 Å². The molecule has 0 radical (unpaired) electrons. The van der Waals surface area contributed by atoms with E-state index < -0.39 is 0 Å². The molecule has 7 heteroatoms. The van der Waals surface area contributed by atoms with Gasteiger partial charge in [0.1, 0.15) is 11.6 Å². The summed E-state index contributed by atoms with van der Waals surface area (Å²) >= 11 is 0. The van der Waals surface area contributed by atoms with Gasteiger partial charge in [-0.05, 0) is 61.1 Å². The lowest BCUT2D eigenvalue weighted by Crippen LogP contribution is -2.25. The summed E-state index contributed by atoms with van der Waals surface area (Å²) in [5, 5.41) is 5.83. The maximum atomic E-state index is 12.2. The van der Waals surface area contributed by atoms with E-state index >= 15 is 0 Å². The highest BCUT2D eigenvalue weighted by Gasteiger charge is 2.15. The van der Waals surface area contributed by atoms with Crippen LogP contribution in [0.5, 0.6) is 5.75 Å². The van der Waals surface area contributed by atoms with Gasteiger partial charge in [-0.15, -0.1) is 0 Å². The lowest BCUT2D eigenvalue weighted by Gasteiger charge is -2.21. The van der Waals surface area contributed by atoms with E-state index in [1.54, 1.807) is 0 Å². The molecule has 0 unspecified atom stereocenters. The molecular formula is C25H32N4O3. The van der Waals surface area contributed by atoms with Crippen molar-refractivity contribution in [2.45, 2.75) is 57.9 Å². The lowest BCUT2D eigenvalue weighted by atomic mass is 10.0. The third kappa shape index (κ3) is 6.22. The minimum Gasteiger partial charge on any atom is -0.494 e. The smallest absolute Gasteiger partial charge is 0.224 e. The molecule has 1 aromatic carbocycles. The van der Waals surface area contributed by atoms with Crippen LogP contribution in [0.25, 0.3) is 0 Å². The van der Waals surface area contributed by atoms with Gasteiger partial charge in [0.05, 0.1) is 6.61 Å². The van der Waals surface area contributed by atoms with Crippen LogP contribution >= 0.6 is 0 Å². The maximum Gasteiger partial charge on any atom is 0.224 e. The molecule has 1 aromatic heterocycles. The second-order valence-electron chi connectivity index (χ2n) is 8.52. The lowest BCUT2D eigenvalue weighted by molar-refractivity contribution is -0.121. The number of amides is 2. The fourth-order valence-corrected chi connectivity index (χ4v) is 4.17. The number of hydrogen-bond acceptors (Lipinski definition) is 5. The van der Waals surface area contributed by atoms with Gasteiger partial charge in [-0.25, -0.2) is 4.98 Å². The van der Waals surface area contributed by atoms with Crippen molar-refractivity contribution in [1.29, 1.82) is 0 Å². The Balaban J connectivity index is 1.14. The molecule has 1 saturated heterocycles. The first-order valence-corrected chi connectivity index (χ1v) is 11.7. The highest BCUT2D eigenvalue weighted by Crippen LogP contribution is 2.26. The van der Waals surface area contributed by atoms with Crippen LogP contribution in [-0.2, 0) is 22.6 Å². The van der Waals surface area contributed by atoms with Crippen LogP contribution in [0, 0.1) is 0 Å². The first-order valence-electron chi connectivity index (χ1n) is 11.7. The number of ether oxygens (including phenoxy) is 1. The molecule has 1 fully saturated rings. The predicted octanol–water partition coefficient (Wildman–Crippen LogP) is 3.82. The summed E-state index contributed by atoms with van der Waals surface area (Å²) in [7, 11) is 0. The van der Waals surface area contributed by atoms with E-state index in [0.717, 1.165) is 47.9 Å². The van der Waals surface area contributed by atoms with Gasteiger partial charge in [-0.3, -0.25) is 9.59 Å². The summed E-state index contributed by atoms with van der Waals surface area (Å²) in [5.41, 5.74) is 2.96.